The molecule has 134 valence electrons. The fraction of sp³-hybridized carbons (Fsp3) is 0.0909. The van der Waals surface area contributed by atoms with Crippen molar-refractivity contribution >= 4 is 17.1 Å². The van der Waals surface area contributed by atoms with Crippen molar-refractivity contribution < 1.29 is 9.90 Å². The second-order valence-electron chi connectivity index (χ2n) is 6.39. The maximum absolute atomic E-state index is 11.3. The first-order valence-corrected chi connectivity index (χ1v) is 8.71. The average Bonchev–Trinajstić information content (AvgIpc) is 3.11. The van der Waals surface area contributed by atoms with Gasteiger partial charge in [0, 0.05) is 23.7 Å². The van der Waals surface area contributed by atoms with Crippen LogP contribution >= 0.6 is 0 Å². The first kappa shape index (κ1) is 17.0. The lowest BCUT2D eigenvalue weighted by atomic mass is 10.1. The van der Waals surface area contributed by atoms with E-state index in [1.165, 1.54) is 6.92 Å². The molecule has 4 aromatic rings. The van der Waals surface area contributed by atoms with Crippen molar-refractivity contribution in [3.05, 3.63) is 78.4 Å². The summed E-state index contributed by atoms with van der Waals surface area (Å²) in [5.74, 6) is -0.105. The minimum Gasteiger partial charge on any atom is -0.392 e. The molecule has 5 nitrogen and oxygen atoms in total. The van der Waals surface area contributed by atoms with Crippen molar-refractivity contribution in [3.63, 3.8) is 0 Å². The Morgan fingerprint density at radius 1 is 1.00 bits per heavy atom. The molecule has 4 rings (SSSR count). The average molecular weight is 357 g/mol. The zero-order valence-corrected chi connectivity index (χ0v) is 14.9. The van der Waals surface area contributed by atoms with Crippen molar-refractivity contribution in [1.29, 1.82) is 0 Å². The first-order chi connectivity index (χ1) is 13.1. The highest BCUT2D eigenvalue weighted by Crippen LogP contribution is 2.26. The van der Waals surface area contributed by atoms with Gasteiger partial charge in [-0.05, 0) is 48.0 Å². The summed E-state index contributed by atoms with van der Waals surface area (Å²) in [6, 6.07) is 23.5. The Kier molecular flexibility index (Phi) is 4.44. The molecule has 0 aliphatic carbocycles. The topological polar surface area (TPSA) is 66.6 Å². The summed E-state index contributed by atoms with van der Waals surface area (Å²) in [4.78, 5) is 11.3. The number of carbonyl (C=O) groups is 1. The van der Waals surface area contributed by atoms with E-state index in [0.29, 0.717) is 0 Å². The number of aliphatic hydroxyl groups excluding tert-OH is 1. The zero-order chi connectivity index (χ0) is 18.8. The molecule has 2 aromatic carbocycles. The van der Waals surface area contributed by atoms with E-state index in [4.69, 9.17) is 5.10 Å². The first-order valence-electron chi connectivity index (χ1n) is 8.71. The molecule has 0 saturated heterocycles. The molecule has 0 unspecified atom stereocenters. The van der Waals surface area contributed by atoms with Gasteiger partial charge in [-0.1, -0.05) is 30.3 Å². The molecule has 0 atom stereocenters. The Labute approximate surface area is 156 Å². The molecule has 2 aromatic heterocycles. The van der Waals surface area contributed by atoms with Gasteiger partial charge in [-0.25, -0.2) is 4.52 Å². The Hall–Kier alpha value is -3.44. The van der Waals surface area contributed by atoms with Crippen LogP contribution in [0, 0.1) is 0 Å². The number of fused-ring (bicyclic) bond motifs is 1. The van der Waals surface area contributed by atoms with Crippen LogP contribution in [0.2, 0.25) is 0 Å². The normalized spacial score (nSPS) is 10.9. The Morgan fingerprint density at radius 2 is 1.78 bits per heavy atom. The third-order valence-electron chi connectivity index (χ3n) is 4.39. The molecule has 0 saturated carbocycles. The highest BCUT2D eigenvalue weighted by Gasteiger charge is 2.09. The number of anilines is 1. The summed E-state index contributed by atoms with van der Waals surface area (Å²) in [6.07, 6.45) is 0. The molecule has 0 aliphatic rings. The second kappa shape index (κ2) is 7.05. The quantitative estimate of drug-likeness (QED) is 0.577. The van der Waals surface area contributed by atoms with E-state index in [-0.39, 0.29) is 12.5 Å². The molecular formula is C22H19N3O2. The van der Waals surface area contributed by atoms with E-state index in [1.807, 2.05) is 77.3 Å². The molecular weight excluding hydrogens is 338 g/mol. The molecule has 0 aliphatic heterocycles. The molecule has 0 fully saturated rings. The third-order valence-corrected chi connectivity index (χ3v) is 4.39. The number of hydrogen-bond donors (Lipinski definition) is 2. The van der Waals surface area contributed by atoms with E-state index >= 15 is 0 Å². The molecule has 2 heterocycles. The molecule has 1 amide bonds. The van der Waals surface area contributed by atoms with Crippen LogP contribution in [0.15, 0.2) is 72.8 Å². The molecule has 5 heteroatoms. The lowest BCUT2D eigenvalue weighted by molar-refractivity contribution is -0.114. The van der Waals surface area contributed by atoms with Gasteiger partial charge in [-0.15, -0.1) is 0 Å². The standard InChI is InChI=1S/C22H19N3O2/c1-15(27)23-19-7-3-5-17(13-19)21-10-8-20-9-11-22(25(20)24-21)18-6-2-4-16(12-18)14-26/h2-13,26H,14H2,1H3,(H,23,27). The maximum atomic E-state index is 11.3. The number of aromatic nitrogens is 2. The fourth-order valence-corrected chi connectivity index (χ4v) is 3.15. The van der Waals surface area contributed by atoms with Gasteiger partial charge in [0.25, 0.3) is 0 Å². The van der Waals surface area contributed by atoms with Crippen molar-refractivity contribution in [2.75, 3.05) is 5.32 Å². The van der Waals surface area contributed by atoms with Gasteiger partial charge in [0.05, 0.1) is 23.5 Å². The predicted molar refractivity (Wildman–Crippen MR) is 106 cm³/mol. The van der Waals surface area contributed by atoms with Gasteiger partial charge in [0.15, 0.2) is 0 Å². The van der Waals surface area contributed by atoms with E-state index in [1.54, 1.807) is 0 Å². The Morgan fingerprint density at radius 3 is 2.59 bits per heavy atom. The summed E-state index contributed by atoms with van der Waals surface area (Å²) in [5.41, 5.74) is 6.28. The van der Waals surface area contributed by atoms with Crippen LogP contribution in [0.3, 0.4) is 0 Å². The number of amides is 1. The van der Waals surface area contributed by atoms with Gasteiger partial charge >= 0.3 is 0 Å². The van der Waals surface area contributed by atoms with Crippen LogP contribution in [0.5, 0.6) is 0 Å². The third kappa shape index (κ3) is 3.45. The predicted octanol–water partition coefficient (Wildman–Crippen LogP) is 4.12. The summed E-state index contributed by atoms with van der Waals surface area (Å²) < 4.78 is 1.90. The van der Waals surface area contributed by atoms with E-state index in [9.17, 15) is 9.90 Å². The van der Waals surface area contributed by atoms with Crippen molar-refractivity contribution in [2.24, 2.45) is 0 Å². The number of nitrogens with one attached hydrogen (secondary N) is 1. The number of rotatable bonds is 4. The van der Waals surface area contributed by atoms with Crippen molar-refractivity contribution in [2.45, 2.75) is 13.5 Å². The highest BCUT2D eigenvalue weighted by atomic mass is 16.3. The van der Waals surface area contributed by atoms with Crippen LogP contribution in [-0.4, -0.2) is 20.6 Å². The van der Waals surface area contributed by atoms with E-state index in [0.717, 1.165) is 39.3 Å². The number of carbonyl (C=O) groups excluding carboxylic acids is 1. The van der Waals surface area contributed by atoms with Gasteiger partial charge in [-0.2, -0.15) is 5.10 Å². The SMILES string of the molecule is CC(=O)Nc1cccc(-c2ccc3ccc(-c4cccc(CO)c4)n3n2)c1. The van der Waals surface area contributed by atoms with Crippen LogP contribution in [0.1, 0.15) is 12.5 Å². The molecule has 2 N–H and O–H groups in total. The van der Waals surface area contributed by atoms with Crippen LogP contribution in [-0.2, 0) is 11.4 Å². The number of nitrogens with zero attached hydrogens (tertiary/aromatic N) is 2. The fourth-order valence-electron chi connectivity index (χ4n) is 3.15. The van der Waals surface area contributed by atoms with E-state index < -0.39 is 0 Å². The molecule has 0 spiro atoms. The Balaban J connectivity index is 1.79. The number of benzene rings is 2. The summed E-state index contributed by atoms with van der Waals surface area (Å²) in [7, 11) is 0. The van der Waals surface area contributed by atoms with Crippen LogP contribution < -0.4 is 5.32 Å². The molecule has 27 heavy (non-hydrogen) atoms. The largest absolute Gasteiger partial charge is 0.392 e. The molecule has 0 radical (unpaired) electrons. The minimum absolute atomic E-state index is 0.00572. The van der Waals surface area contributed by atoms with Gasteiger partial charge in [-0.3, -0.25) is 4.79 Å². The highest BCUT2D eigenvalue weighted by molar-refractivity contribution is 5.89. The van der Waals surface area contributed by atoms with Crippen LogP contribution in [0.4, 0.5) is 5.69 Å². The van der Waals surface area contributed by atoms with Crippen molar-refractivity contribution in [1.82, 2.24) is 9.61 Å². The lowest BCUT2D eigenvalue weighted by Gasteiger charge is -2.08. The van der Waals surface area contributed by atoms with Gasteiger partial charge in [0.2, 0.25) is 5.91 Å². The van der Waals surface area contributed by atoms with Crippen molar-refractivity contribution in [3.8, 4) is 22.5 Å². The second-order valence-corrected chi connectivity index (χ2v) is 6.39. The summed E-state index contributed by atoms with van der Waals surface area (Å²) in [6.45, 7) is 1.50. The smallest absolute Gasteiger partial charge is 0.221 e. The van der Waals surface area contributed by atoms with Gasteiger partial charge in [0.1, 0.15) is 0 Å². The summed E-state index contributed by atoms with van der Waals surface area (Å²) >= 11 is 0. The monoisotopic (exact) mass is 357 g/mol. The lowest BCUT2D eigenvalue weighted by Crippen LogP contribution is -2.05. The number of aliphatic hydroxyl groups is 1. The van der Waals surface area contributed by atoms with Crippen LogP contribution in [0.25, 0.3) is 28.0 Å². The maximum Gasteiger partial charge on any atom is 0.221 e. The Bertz CT molecular complexity index is 1130. The summed E-state index contributed by atoms with van der Waals surface area (Å²) in [5, 5.41) is 17.0. The zero-order valence-electron chi connectivity index (χ0n) is 14.9. The minimum atomic E-state index is -0.105. The van der Waals surface area contributed by atoms with E-state index in [2.05, 4.69) is 5.32 Å². The number of hydrogen-bond acceptors (Lipinski definition) is 3. The molecule has 0 bridgehead atoms. The van der Waals surface area contributed by atoms with Gasteiger partial charge < -0.3 is 10.4 Å².